The summed E-state index contributed by atoms with van der Waals surface area (Å²) in [4.78, 5) is 14.4. The third-order valence-electron chi connectivity index (χ3n) is 3.52. The minimum Gasteiger partial charge on any atom is -0.497 e. The monoisotopic (exact) mass is 247 g/mol. The number of carbonyl (C=O) groups excluding carboxylic acids is 1. The predicted molar refractivity (Wildman–Crippen MR) is 72.2 cm³/mol. The third-order valence-corrected chi connectivity index (χ3v) is 3.52. The Balaban J connectivity index is 1.99. The van der Waals surface area contributed by atoms with E-state index in [4.69, 9.17) is 4.74 Å². The Hall–Kier alpha value is -1.35. The fourth-order valence-electron chi connectivity index (χ4n) is 2.45. The topological polar surface area (TPSA) is 29.5 Å². The number of carbonyl (C=O) groups is 1. The van der Waals surface area contributed by atoms with Gasteiger partial charge in [-0.25, -0.2) is 0 Å². The largest absolute Gasteiger partial charge is 0.497 e. The minimum absolute atomic E-state index is 0.173. The van der Waals surface area contributed by atoms with E-state index in [2.05, 4.69) is 18.7 Å². The van der Waals surface area contributed by atoms with Crippen molar-refractivity contribution in [3.63, 3.8) is 0 Å². The van der Waals surface area contributed by atoms with Crippen LogP contribution in [0.1, 0.15) is 30.6 Å². The summed E-state index contributed by atoms with van der Waals surface area (Å²) < 4.78 is 5.14. The first-order chi connectivity index (χ1) is 8.50. The predicted octanol–water partition coefficient (Wildman–Crippen LogP) is 2.61. The van der Waals surface area contributed by atoms with Crippen molar-refractivity contribution in [2.24, 2.45) is 5.41 Å². The SMILES string of the molecule is COc1cccc(C(=O)CN2CCC(C)(C)C2)c1. The molecule has 0 aromatic heterocycles. The van der Waals surface area contributed by atoms with Crippen LogP contribution in [-0.2, 0) is 0 Å². The maximum atomic E-state index is 12.2. The molecule has 0 N–H and O–H groups in total. The summed E-state index contributed by atoms with van der Waals surface area (Å²) in [5, 5.41) is 0. The van der Waals surface area contributed by atoms with Gasteiger partial charge in [0.05, 0.1) is 13.7 Å². The molecule has 1 aliphatic rings. The fourth-order valence-corrected chi connectivity index (χ4v) is 2.45. The third kappa shape index (κ3) is 3.10. The lowest BCUT2D eigenvalue weighted by Crippen LogP contribution is -2.29. The van der Waals surface area contributed by atoms with E-state index in [0.717, 1.165) is 24.4 Å². The van der Waals surface area contributed by atoms with Crippen LogP contribution in [0.5, 0.6) is 5.75 Å². The van der Waals surface area contributed by atoms with Gasteiger partial charge in [0, 0.05) is 12.1 Å². The van der Waals surface area contributed by atoms with Crippen LogP contribution in [0.15, 0.2) is 24.3 Å². The average Bonchev–Trinajstić information content (AvgIpc) is 2.68. The van der Waals surface area contributed by atoms with Crippen LogP contribution in [0.25, 0.3) is 0 Å². The molecule has 0 spiro atoms. The first-order valence-electron chi connectivity index (χ1n) is 6.40. The zero-order valence-electron chi connectivity index (χ0n) is 11.4. The Morgan fingerprint density at radius 1 is 1.44 bits per heavy atom. The molecule has 1 aliphatic heterocycles. The molecule has 98 valence electrons. The maximum absolute atomic E-state index is 12.2. The van der Waals surface area contributed by atoms with Gasteiger partial charge in [0.15, 0.2) is 5.78 Å². The molecule has 3 heteroatoms. The highest BCUT2D eigenvalue weighted by Gasteiger charge is 2.30. The zero-order valence-corrected chi connectivity index (χ0v) is 11.4. The number of ketones is 1. The van der Waals surface area contributed by atoms with Crippen LogP contribution >= 0.6 is 0 Å². The number of hydrogen-bond acceptors (Lipinski definition) is 3. The maximum Gasteiger partial charge on any atom is 0.176 e. The normalized spacial score (nSPS) is 18.8. The number of ether oxygens (including phenoxy) is 1. The second-order valence-electron chi connectivity index (χ2n) is 5.78. The van der Waals surface area contributed by atoms with Gasteiger partial charge in [0.25, 0.3) is 0 Å². The van der Waals surface area contributed by atoms with E-state index in [1.807, 2.05) is 24.3 Å². The summed E-state index contributed by atoms with van der Waals surface area (Å²) in [5.74, 6) is 0.911. The summed E-state index contributed by atoms with van der Waals surface area (Å²) in [6, 6.07) is 7.38. The van der Waals surface area contributed by atoms with Gasteiger partial charge in [-0.1, -0.05) is 26.0 Å². The average molecular weight is 247 g/mol. The van der Waals surface area contributed by atoms with Crippen molar-refractivity contribution in [1.29, 1.82) is 0 Å². The van der Waals surface area contributed by atoms with Crippen molar-refractivity contribution in [3.8, 4) is 5.75 Å². The van der Waals surface area contributed by atoms with Crippen LogP contribution in [0.2, 0.25) is 0 Å². The van der Waals surface area contributed by atoms with E-state index in [1.54, 1.807) is 7.11 Å². The molecule has 0 amide bonds. The van der Waals surface area contributed by atoms with Gasteiger partial charge >= 0.3 is 0 Å². The second kappa shape index (κ2) is 5.11. The van der Waals surface area contributed by atoms with Gasteiger partial charge in [-0.2, -0.15) is 0 Å². The van der Waals surface area contributed by atoms with E-state index in [-0.39, 0.29) is 5.78 Å². The van der Waals surface area contributed by atoms with Crippen molar-refractivity contribution in [2.45, 2.75) is 20.3 Å². The number of methoxy groups -OCH3 is 1. The molecule has 0 saturated carbocycles. The van der Waals surface area contributed by atoms with Crippen molar-refractivity contribution in [2.75, 3.05) is 26.7 Å². The smallest absolute Gasteiger partial charge is 0.176 e. The Labute approximate surface area is 109 Å². The molecule has 0 atom stereocenters. The Morgan fingerprint density at radius 2 is 2.22 bits per heavy atom. The van der Waals surface area contributed by atoms with Crippen LogP contribution in [0, 0.1) is 5.41 Å². The number of nitrogens with zero attached hydrogens (tertiary/aromatic N) is 1. The number of Topliss-reactive ketones (excluding diaryl/α,β-unsaturated/α-hetero) is 1. The molecule has 2 rings (SSSR count). The molecule has 0 aliphatic carbocycles. The molecular weight excluding hydrogens is 226 g/mol. The molecule has 1 saturated heterocycles. The molecule has 0 radical (unpaired) electrons. The lowest BCUT2D eigenvalue weighted by atomic mass is 9.93. The summed E-state index contributed by atoms with van der Waals surface area (Å²) in [5.41, 5.74) is 1.08. The molecule has 3 nitrogen and oxygen atoms in total. The molecule has 1 aromatic rings. The Morgan fingerprint density at radius 3 is 2.83 bits per heavy atom. The molecule has 1 heterocycles. The van der Waals surface area contributed by atoms with E-state index in [1.165, 1.54) is 6.42 Å². The summed E-state index contributed by atoms with van der Waals surface area (Å²) in [6.45, 7) is 7.04. The molecular formula is C15H21NO2. The van der Waals surface area contributed by atoms with Crippen LogP contribution in [0.4, 0.5) is 0 Å². The summed E-state index contributed by atoms with van der Waals surface area (Å²) in [6.07, 6.45) is 1.17. The minimum atomic E-state index is 0.173. The highest BCUT2D eigenvalue weighted by atomic mass is 16.5. The fraction of sp³-hybridized carbons (Fsp3) is 0.533. The molecule has 1 aromatic carbocycles. The lowest BCUT2D eigenvalue weighted by molar-refractivity contribution is 0.0940. The van der Waals surface area contributed by atoms with Crippen LogP contribution in [0.3, 0.4) is 0 Å². The standard InChI is InChI=1S/C15H21NO2/c1-15(2)7-8-16(11-15)10-14(17)12-5-4-6-13(9-12)18-3/h4-6,9H,7-8,10-11H2,1-3H3. The van der Waals surface area contributed by atoms with Crippen molar-refractivity contribution < 1.29 is 9.53 Å². The Kier molecular flexibility index (Phi) is 3.71. The van der Waals surface area contributed by atoms with E-state index in [0.29, 0.717) is 12.0 Å². The van der Waals surface area contributed by atoms with E-state index < -0.39 is 0 Å². The van der Waals surface area contributed by atoms with E-state index >= 15 is 0 Å². The quantitative estimate of drug-likeness (QED) is 0.766. The van der Waals surface area contributed by atoms with Crippen molar-refractivity contribution in [1.82, 2.24) is 4.90 Å². The molecule has 1 fully saturated rings. The highest BCUT2D eigenvalue weighted by Crippen LogP contribution is 2.28. The number of hydrogen-bond donors (Lipinski definition) is 0. The molecule has 0 unspecified atom stereocenters. The summed E-state index contributed by atoms with van der Waals surface area (Å²) in [7, 11) is 1.62. The number of rotatable bonds is 4. The Bertz CT molecular complexity index is 440. The van der Waals surface area contributed by atoms with Gasteiger partial charge in [-0.05, 0) is 30.5 Å². The molecule has 0 bridgehead atoms. The van der Waals surface area contributed by atoms with Crippen molar-refractivity contribution >= 4 is 5.78 Å². The number of likely N-dealkylation sites (tertiary alicyclic amines) is 1. The van der Waals surface area contributed by atoms with Gasteiger partial charge in [-0.15, -0.1) is 0 Å². The second-order valence-corrected chi connectivity index (χ2v) is 5.78. The zero-order chi connectivity index (χ0) is 13.2. The first-order valence-corrected chi connectivity index (χ1v) is 6.40. The van der Waals surface area contributed by atoms with E-state index in [9.17, 15) is 4.79 Å². The van der Waals surface area contributed by atoms with Crippen LogP contribution in [-0.4, -0.2) is 37.4 Å². The van der Waals surface area contributed by atoms with Gasteiger partial charge in [0.2, 0.25) is 0 Å². The first kappa shape index (κ1) is 13.1. The lowest BCUT2D eigenvalue weighted by Gasteiger charge is -2.19. The van der Waals surface area contributed by atoms with Gasteiger partial charge < -0.3 is 4.74 Å². The highest BCUT2D eigenvalue weighted by molar-refractivity contribution is 5.97. The summed E-state index contributed by atoms with van der Waals surface area (Å²) >= 11 is 0. The van der Waals surface area contributed by atoms with Gasteiger partial charge in [0.1, 0.15) is 5.75 Å². The molecule has 18 heavy (non-hydrogen) atoms. The van der Waals surface area contributed by atoms with Crippen LogP contribution < -0.4 is 4.74 Å². The van der Waals surface area contributed by atoms with Gasteiger partial charge in [-0.3, -0.25) is 9.69 Å². The van der Waals surface area contributed by atoms with Crippen molar-refractivity contribution in [3.05, 3.63) is 29.8 Å². The number of benzene rings is 1.